The third-order valence-electron chi connectivity index (χ3n) is 4.50. The van der Waals surface area contributed by atoms with Crippen molar-refractivity contribution in [2.24, 2.45) is 17.8 Å². The molecule has 4 nitrogen and oxygen atoms in total. The summed E-state index contributed by atoms with van der Waals surface area (Å²) in [4.78, 5) is 12.0. The second kappa shape index (κ2) is 4.85. The van der Waals surface area contributed by atoms with Gasteiger partial charge in [0.25, 0.3) is 0 Å². The number of hydrogen-bond donors (Lipinski definition) is 3. The second-order valence-electron chi connectivity index (χ2n) is 5.71. The van der Waals surface area contributed by atoms with E-state index in [1.165, 1.54) is 19.3 Å². The fourth-order valence-corrected chi connectivity index (χ4v) is 3.36. The number of amides is 1. The number of aliphatic hydroxyl groups excluding tert-OH is 1. The molecule has 0 saturated heterocycles. The van der Waals surface area contributed by atoms with Crippen LogP contribution < -0.4 is 11.1 Å². The Morgan fingerprint density at radius 1 is 1.32 bits per heavy atom. The van der Waals surface area contributed by atoms with E-state index in [1.54, 1.807) is 24.3 Å². The van der Waals surface area contributed by atoms with Crippen molar-refractivity contribution in [3.05, 3.63) is 29.8 Å². The Morgan fingerprint density at radius 2 is 1.95 bits per heavy atom. The number of rotatable bonds is 4. The molecule has 19 heavy (non-hydrogen) atoms. The monoisotopic (exact) mass is 260 g/mol. The van der Waals surface area contributed by atoms with Crippen LogP contribution in [0.3, 0.4) is 0 Å². The van der Waals surface area contributed by atoms with Crippen molar-refractivity contribution >= 4 is 11.6 Å². The first-order chi connectivity index (χ1) is 9.16. The molecule has 2 aliphatic carbocycles. The molecule has 0 radical (unpaired) electrons. The average Bonchev–Trinajstić information content (AvgIpc) is 2.89. The Bertz CT molecular complexity index is 462. The zero-order valence-corrected chi connectivity index (χ0v) is 10.9. The number of benzene rings is 1. The molecule has 4 N–H and O–H groups in total. The number of carbonyl (C=O) groups excluding carboxylic acids is 1. The van der Waals surface area contributed by atoms with Gasteiger partial charge < -0.3 is 16.2 Å². The Labute approximate surface area is 113 Å². The van der Waals surface area contributed by atoms with Crippen molar-refractivity contribution in [3.8, 4) is 0 Å². The molecule has 0 heterocycles. The van der Waals surface area contributed by atoms with E-state index in [1.807, 2.05) is 0 Å². The highest BCUT2D eigenvalue weighted by Crippen LogP contribution is 2.57. The van der Waals surface area contributed by atoms with Gasteiger partial charge in [0, 0.05) is 18.2 Å². The number of nitrogen functional groups attached to an aromatic ring is 1. The van der Waals surface area contributed by atoms with Crippen molar-refractivity contribution in [2.75, 3.05) is 12.3 Å². The second-order valence-corrected chi connectivity index (χ2v) is 5.71. The topological polar surface area (TPSA) is 75.3 Å². The summed E-state index contributed by atoms with van der Waals surface area (Å²) in [6, 6.07) is 7.09. The summed E-state index contributed by atoms with van der Waals surface area (Å²) in [5.74, 6) is 1.57. The van der Waals surface area contributed by atoms with E-state index in [-0.39, 0.29) is 18.4 Å². The fourth-order valence-electron chi connectivity index (χ4n) is 3.36. The van der Waals surface area contributed by atoms with Gasteiger partial charge in [0.05, 0.1) is 6.10 Å². The molecule has 3 rings (SSSR count). The molecule has 4 heteroatoms. The normalized spacial score (nSPS) is 29.6. The maximum atomic E-state index is 12.0. The number of nitrogens with two attached hydrogens (primary N) is 1. The van der Waals surface area contributed by atoms with Gasteiger partial charge in [-0.3, -0.25) is 4.79 Å². The maximum absolute atomic E-state index is 12.0. The van der Waals surface area contributed by atoms with Crippen LogP contribution in [0.25, 0.3) is 0 Å². The van der Waals surface area contributed by atoms with Crippen molar-refractivity contribution < 1.29 is 9.90 Å². The van der Waals surface area contributed by atoms with Crippen molar-refractivity contribution in [3.63, 3.8) is 0 Å². The van der Waals surface area contributed by atoms with Crippen LogP contribution >= 0.6 is 0 Å². The van der Waals surface area contributed by atoms with Crippen LogP contribution in [0, 0.1) is 17.8 Å². The SMILES string of the molecule is Nc1ccc(C(O)CNC(=O)C2C3CCCC32)cc1. The third-order valence-corrected chi connectivity index (χ3v) is 4.50. The average molecular weight is 260 g/mol. The van der Waals surface area contributed by atoms with Crippen LogP contribution in [0.1, 0.15) is 30.9 Å². The van der Waals surface area contributed by atoms with E-state index in [0.29, 0.717) is 17.5 Å². The van der Waals surface area contributed by atoms with Gasteiger partial charge in [-0.25, -0.2) is 0 Å². The van der Waals surface area contributed by atoms with Crippen LogP contribution in [0.5, 0.6) is 0 Å². The largest absolute Gasteiger partial charge is 0.399 e. The van der Waals surface area contributed by atoms with Gasteiger partial charge in [-0.05, 0) is 42.4 Å². The molecule has 2 saturated carbocycles. The van der Waals surface area contributed by atoms with Gasteiger partial charge in [0.1, 0.15) is 0 Å². The molecule has 0 aliphatic heterocycles. The molecule has 3 unspecified atom stereocenters. The number of hydrogen-bond acceptors (Lipinski definition) is 3. The molecule has 102 valence electrons. The minimum atomic E-state index is -0.664. The highest BCUT2D eigenvalue weighted by molar-refractivity contribution is 5.82. The lowest BCUT2D eigenvalue weighted by molar-refractivity contribution is -0.123. The van der Waals surface area contributed by atoms with Gasteiger partial charge in [-0.1, -0.05) is 18.6 Å². The first kappa shape index (κ1) is 12.5. The zero-order chi connectivity index (χ0) is 13.4. The Balaban J connectivity index is 1.49. The van der Waals surface area contributed by atoms with Gasteiger partial charge in [-0.15, -0.1) is 0 Å². The minimum absolute atomic E-state index is 0.115. The summed E-state index contributed by atoms with van der Waals surface area (Å²) in [7, 11) is 0. The third kappa shape index (κ3) is 2.45. The van der Waals surface area contributed by atoms with E-state index in [2.05, 4.69) is 5.32 Å². The molecule has 3 atom stereocenters. The Hall–Kier alpha value is -1.55. The van der Waals surface area contributed by atoms with E-state index < -0.39 is 6.10 Å². The number of anilines is 1. The van der Waals surface area contributed by atoms with E-state index in [0.717, 1.165) is 5.56 Å². The van der Waals surface area contributed by atoms with Crippen LogP contribution in [0.2, 0.25) is 0 Å². The number of aliphatic hydroxyl groups is 1. The molecule has 1 amide bonds. The highest BCUT2D eigenvalue weighted by Gasteiger charge is 2.56. The number of carbonyl (C=O) groups is 1. The quantitative estimate of drug-likeness (QED) is 0.717. The van der Waals surface area contributed by atoms with Crippen LogP contribution in [-0.4, -0.2) is 17.6 Å². The summed E-state index contributed by atoms with van der Waals surface area (Å²) in [6.07, 6.45) is 3.00. The van der Waals surface area contributed by atoms with E-state index in [4.69, 9.17) is 5.73 Å². The smallest absolute Gasteiger partial charge is 0.223 e. The maximum Gasteiger partial charge on any atom is 0.223 e. The molecule has 1 aromatic rings. The van der Waals surface area contributed by atoms with Crippen LogP contribution in [-0.2, 0) is 4.79 Å². The van der Waals surface area contributed by atoms with E-state index >= 15 is 0 Å². The predicted octanol–water partition coefficient (Wildman–Crippen LogP) is 1.46. The van der Waals surface area contributed by atoms with Crippen molar-refractivity contribution in [2.45, 2.75) is 25.4 Å². The summed E-state index contributed by atoms with van der Waals surface area (Å²) in [5, 5.41) is 12.9. The molecular formula is C15H20N2O2. The number of fused-ring (bicyclic) bond motifs is 1. The first-order valence-electron chi connectivity index (χ1n) is 6.98. The van der Waals surface area contributed by atoms with Crippen LogP contribution in [0.15, 0.2) is 24.3 Å². The lowest BCUT2D eigenvalue weighted by Crippen LogP contribution is -2.30. The molecule has 2 aliphatic rings. The standard InChI is InChI=1S/C15H20N2O2/c16-10-6-4-9(5-7-10)13(18)8-17-15(19)14-11-2-1-3-12(11)14/h4-7,11-14,18H,1-3,8,16H2,(H,17,19). The Kier molecular flexibility index (Phi) is 3.19. The Morgan fingerprint density at radius 3 is 2.58 bits per heavy atom. The lowest BCUT2D eigenvalue weighted by Gasteiger charge is -2.13. The molecule has 0 bridgehead atoms. The molecule has 0 aromatic heterocycles. The summed E-state index contributed by atoms with van der Waals surface area (Å²) in [5.41, 5.74) is 7.05. The highest BCUT2D eigenvalue weighted by atomic mass is 16.3. The summed E-state index contributed by atoms with van der Waals surface area (Å²) >= 11 is 0. The number of nitrogens with one attached hydrogen (secondary N) is 1. The van der Waals surface area contributed by atoms with Gasteiger partial charge in [0.15, 0.2) is 0 Å². The zero-order valence-electron chi connectivity index (χ0n) is 10.9. The van der Waals surface area contributed by atoms with Crippen molar-refractivity contribution in [1.82, 2.24) is 5.32 Å². The van der Waals surface area contributed by atoms with Gasteiger partial charge in [-0.2, -0.15) is 0 Å². The minimum Gasteiger partial charge on any atom is -0.399 e. The molecular weight excluding hydrogens is 240 g/mol. The van der Waals surface area contributed by atoms with Crippen LogP contribution in [0.4, 0.5) is 5.69 Å². The first-order valence-corrected chi connectivity index (χ1v) is 6.98. The molecule has 2 fully saturated rings. The summed E-state index contributed by atoms with van der Waals surface area (Å²) < 4.78 is 0. The van der Waals surface area contributed by atoms with E-state index in [9.17, 15) is 9.90 Å². The van der Waals surface area contributed by atoms with Gasteiger partial charge >= 0.3 is 0 Å². The van der Waals surface area contributed by atoms with Gasteiger partial charge in [0.2, 0.25) is 5.91 Å². The lowest BCUT2D eigenvalue weighted by atomic mass is 10.1. The fraction of sp³-hybridized carbons (Fsp3) is 0.533. The predicted molar refractivity (Wildman–Crippen MR) is 73.1 cm³/mol. The molecule has 0 spiro atoms. The summed E-state index contributed by atoms with van der Waals surface area (Å²) in [6.45, 7) is 0.276. The van der Waals surface area contributed by atoms with Crippen molar-refractivity contribution in [1.29, 1.82) is 0 Å². The molecule has 1 aromatic carbocycles.